The first-order chi connectivity index (χ1) is 18.7. The third-order valence-corrected chi connectivity index (χ3v) is 9.08. The number of anilines is 2. The Hall–Kier alpha value is -3.38. The van der Waals surface area contributed by atoms with E-state index < -0.39 is 11.4 Å². The van der Waals surface area contributed by atoms with Gasteiger partial charge in [0.25, 0.3) is 5.88 Å². The average Bonchev–Trinajstić information content (AvgIpc) is 3.80. The summed E-state index contributed by atoms with van der Waals surface area (Å²) in [5.74, 6) is 6.07. The molecule has 0 radical (unpaired) electrons. The molecule has 2 aromatic heterocycles. The number of aromatic nitrogens is 3. The molecule has 0 aliphatic heterocycles. The standard InChI is InChI=1S/C30H31BrN4O4/c1-4-5-26(36)35(24-12-17(2)22(31)13-21(24)19-8-9-19)25-11-10-23-27(32-25)28(33-34(23)3)39-20-15-30(16-20,29(37)38)14-18-6-7-18/h10-13,18-20H,6-9,14-16H2,1-3H3,(H,37,38). The first kappa shape index (κ1) is 25.9. The lowest BCUT2D eigenvalue weighted by molar-refractivity contribution is -0.163. The molecule has 9 heteroatoms. The lowest BCUT2D eigenvalue weighted by atomic mass is 9.64. The van der Waals surface area contributed by atoms with Gasteiger partial charge in [-0.25, -0.2) is 4.98 Å². The molecule has 6 rings (SSSR count). The van der Waals surface area contributed by atoms with Gasteiger partial charge >= 0.3 is 11.9 Å². The van der Waals surface area contributed by atoms with E-state index in [0.29, 0.717) is 41.9 Å². The number of halogens is 1. The Morgan fingerprint density at radius 2 is 1.97 bits per heavy atom. The molecule has 0 atom stereocenters. The molecule has 39 heavy (non-hydrogen) atoms. The van der Waals surface area contributed by atoms with Crippen LogP contribution in [0.3, 0.4) is 0 Å². The molecule has 3 fully saturated rings. The van der Waals surface area contributed by atoms with Gasteiger partial charge in [-0.15, -0.1) is 5.10 Å². The van der Waals surface area contributed by atoms with E-state index in [2.05, 4.69) is 38.9 Å². The van der Waals surface area contributed by atoms with Crippen LogP contribution in [0.15, 0.2) is 28.7 Å². The maximum absolute atomic E-state index is 13.4. The van der Waals surface area contributed by atoms with Gasteiger partial charge in [-0.1, -0.05) is 34.7 Å². The monoisotopic (exact) mass is 590 g/mol. The summed E-state index contributed by atoms with van der Waals surface area (Å²) < 4.78 is 8.96. The van der Waals surface area contributed by atoms with Crippen LogP contribution in [0.4, 0.5) is 11.5 Å². The van der Waals surface area contributed by atoms with Crippen molar-refractivity contribution in [3.05, 3.63) is 39.9 Å². The number of carbonyl (C=O) groups excluding carboxylic acids is 1. The number of benzene rings is 1. The third kappa shape index (κ3) is 4.80. The van der Waals surface area contributed by atoms with Gasteiger partial charge in [-0.3, -0.25) is 19.2 Å². The van der Waals surface area contributed by atoms with Gasteiger partial charge in [0.1, 0.15) is 11.9 Å². The zero-order valence-corrected chi connectivity index (χ0v) is 23.9. The maximum atomic E-state index is 13.4. The molecule has 3 saturated carbocycles. The Morgan fingerprint density at radius 3 is 2.62 bits per heavy atom. The highest BCUT2D eigenvalue weighted by atomic mass is 79.9. The molecule has 202 valence electrons. The van der Waals surface area contributed by atoms with E-state index in [4.69, 9.17) is 9.72 Å². The third-order valence-electron chi connectivity index (χ3n) is 8.23. The quantitative estimate of drug-likeness (QED) is 0.322. The summed E-state index contributed by atoms with van der Waals surface area (Å²) in [6.45, 7) is 3.65. The maximum Gasteiger partial charge on any atom is 0.309 e. The van der Waals surface area contributed by atoms with Crippen molar-refractivity contribution in [3.8, 4) is 17.7 Å². The minimum Gasteiger partial charge on any atom is -0.481 e. The normalized spacial score (nSPS) is 22.1. The Morgan fingerprint density at radius 1 is 1.23 bits per heavy atom. The first-order valence-electron chi connectivity index (χ1n) is 13.5. The number of nitrogens with zero attached hydrogens (tertiary/aromatic N) is 4. The van der Waals surface area contributed by atoms with Crippen molar-refractivity contribution >= 4 is 50.3 Å². The average molecular weight is 592 g/mol. The molecule has 8 nitrogen and oxygen atoms in total. The van der Waals surface area contributed by atoms with E-state index in [-0.39, 0.29) is 12.0 Å². The topological polar surface area (TPSA) is 97.6 Å². The molecule has 0 bridgehead atoms. The van der Waals surface area contributed by atoms with Crippen LogP contribution in [0.1, 0.15) is 68.9 Å². The number of aliphatic carboxylic acids is 1. The number of pyridine rings is 1. The van der Waals surface area contributed by atoms with Crippen LogP contribution in [0.5, 0.6) is 5.88 Å². The van der Waals surface area contributed by atoms with Gasteiger partial charge in [0.2, 0.25) is 0 Å². The number of amides is 1. The molecule has 1 N–H and O–H groups in total. The van der Waals surface area contributed by atoms with E-state index in [1.807, 2.05) is 32.2 Å². The lowest BCUT2D eigenvalue weighted by Crippen LogP contribution is -2.49. The predicted octanol–water partition coefficient (Wildman–Crippen LogP) is 6.02. The van der Waals surface area contributed by atoms with Crippen LogP contribution in [-0.2, 0) is 16.6 Å². The van der Waals surface area contributed by atoms with Gasteiger partial charge in [-0.2, -0.15) is 0 Å². The van der Waals surface area contributed by atoms with Gasteiger partial charge in [0.05, 0.1) is 16.6 Å². The van der Waals surface area contributed by atoms with E-state index in [9.17, 15) is 14.7 Å². The molecule has 1 amide bonds. The molecule has 0 spiro atoms. The smallest absolute Gasteiger partial charge is 0.309 e. The molecular formula is C30H31BrN4O4. The summed E-state index contributed by atoms with van der Waals surface area (Å²) in [6, 6.07) is 7.81. The zero-order chi connectivity index (χ0) is 27.5. The predicted molar refractivity (Wildman–Crippen MR) is 151 cm³/mol. The highest BCUT2D eigenvalue weighted by molar-refractivity contribution is 9.10. The van der Waals surface area contributed by atoms with Gasteiger partial charge in [0, 0.05) is 24.4 Å². The second-order valence-corrected chi connectivity index (χ2v) is 12.2. The number of fused-ring (bicyclic) bond motifs is 1. The summed E-state index contributed by atoms with van der Waals surface area (Å²) >= 11 is 3.65. The lowest BCUT2D eigenvalue weighted by Gasteiger charge is -2.43. The van der Waals surface area contributed by atoms with Crippen molar-refractivity contribution in [2.45, 2.75) is 70.8 Å². The highest BCUT2D eigenvalue weighted by Gasteiger charge is 2.54. The molecule has 0 unspecified atom stereocenters. The van der Waals surface area contributed by atoms with E-state index in [0.717, 1.165) is 58.9 Å². The van der Waals surface area contributed by atoms with E-state index in [1.54, 1.807) is 16.5 Å². The van der Waals surface area contributed by atoms with Crippen molar-refractivity contribution in [3.63, 3.8) is 0 Å². The number of carboxylic acid groups (broad SMARTS) is 1. The molecule has 3 aliphatic carbocycles. The van der Waals surface area contributed by atoms with E-state index in [1.165, 1.54) is 0 Å². The summed E-state index contributed by atoms with van der Waals surface area (Å²) in [7, 11) is 1.82. The van der Waals surface area contributed by atoms with Gasteiger partial charge < -0.3 is 9.84 Å². The van der Waals surface area contributed by atoms with Crippen LogP contribution < -0.4 is 9.64 Å². The Bertz CT molecular complexity index is 1550. The fourth-order valence-electron chi connectivity index (χ4n) is 5.75. The summed E-state index contributed by atoms with van der Waals surface area (Å²) in [5.41, 5.74) is 3.50. The molecule has 3 aliphatic rings. The van der Waals surface area contributed by atoms with Crippen LogP contribution in [0.2, 0.25) is 0 Å². The number of hydrogen-bond acceptors (Lipinski definition) is 5. The second-order valence-electron chi connectivity index (χ2n) is 11.3. The number of aryl methyl sites for hydroxylation is 2. The van der Waals surface area contributed by atoms with Crippen LogP contribution >= 0.6 is 15.9 Å². The second kappa shape index (κ2) is 9.67. The first-order valence-corrected chi connectivity index (χ1v) is 14.3. The molecule has 3 aromatic rings. The van der Waals surface area contributed by atoms with Crippen molar-refractivity contribution < 1.29 is 19.4 Å². The highest BCUT2D eigenvalue weighted by Crippen LogP contribution is 2.52. The number of carboxylic acids is 1. The number of ether oxygens (including phenoxy) is 1. The fourth-order valence-corrected chi connectivity index (χ4v) is 6.11. The van der Waals surface area contributed by atoms with E-state index >= 15 is 0 Å². The SMILES string of the molecule is CC#CC(=O)N(c1ccc2c(n1)c(OC1CC(CC3CC3)(C(=O)O)C1)nn2C)c1cc(C)c(Br)cc1C1CC1. The Balaban J connectivity index is 1.36. The van der Waals surface area contributed by atoms with Crippen molar-refractivity contribution in [1.82, 2.24) is 14.8 Å². The zero-order valence-electron chi connectivity index (χ0n) is 22.3. The van der Waals surface area contributed by atoms with Crippen LogP contribution in [0.25, 0.3) is 11.0 Å². The fraction of sp³-hybridized carbons (Fsp3) is 0.467. The molecule has 2 heterocycles. The Kier molecular flexibility index (Phi) is 6.41. The van der Waals surface area contributed by atoms with Crippen LogP contribution in [-0.4, -0.2) is 37.9 Å². The number of carbonyl (C=O) groups is 2. The molecule has 1 aromatic carbocycles. The molecular weight excluding hydrogens is 560 g/mol. The minimum atomic E-state index is -0.733. The minimum absolute atomic E-state index is 0.234. The summed E-state index contributed by atoms with van der Waals surface area (Å²) in [6.07, 6.45) is 5.83. The Labute approximate surface area is 235 Å². The van der Waals surface area contributed by atoms with Crippen molar-refractivity contribution in [2.75, 3.05) is 4.90 Å². The summed E-state index contributed by atoms with van der Waals surface area (Å²) in [4.78, 5) is 31.9. The van der Waals surface area contributed by atoms with Crippen molar-refractivity contribution in [2.24, 2.45) is 18.4 Å². The summed E-state index contributed by atoms with van der Waals surface area (Å²) in [5, 5.41) is 14.4. The number of rotatable bonds is 8. The van der Waals surface area contributed by atoms with Crippen molar-refractivity contribution in [1.29, 1.82) is 0 Å². The van der Waals surface area contributed by atoms with Gasteiger partial charge in [0.15, 0.2) is 5.52 Å². The largest absolute Gasteiger partial charge is 0.481 e. The van der Waals surface area contributed by atoms with Crippen LogP contribution in [0, 0.1) is 30.1 Å². The number of hydrogen-bond donors (Lipinski definition) is 1. The van der Waals surface area contributed by atoms with Gasteiger partial charge in [-0.05, 0) is 86.3 Å². The molecule has 0 saturated heterocycles.